The second-order valence-electron chi connectivity index (χ2n) is 4.49. The predicted molar refractivity (Wildman–Crippen MR) is 68.8 cm³/mol. The van der Waals surface area contributed by atoms with E-state index < -0.39 is 6.10 Å². The third kappa shape index (κ3) is 4.19. The molecule has 0 aliphatic heterocycles. The van der Waals surface area contributed by atoms with Gasteiger partial charge in [0.05, 0.1) is 0 Å². The molecule has 0 spiro atoms. The summed E-state index contributed by atoms with van der Waals surface area (Å²) < 4.78 is 4.94. The van der Waals surface area contributed by atoms with Crippen molar-refractivity contribution in [2.45, 2.75) is 39.3 Å². The van der Waals surface area contributed by atoms with Crippen LogP contribution in [0.1, 0.15) is 37.8 Å². The van der Waals surface area contributed by atoms with Crippen molar-refractivity contribution in [2.75, 3.05) is 7.11 Å². The molecule has 1 rings (SSSR count). The maximum absolute atomic E-state index is 11.5. The van der Waals surface area contributed by atoms with Crippen LogP contribution in [-0.4, -0.2) is 19.1 Å². The largest absolute Gasteiger partial charge is 0.372 e. The van der Waals surface area contributed by atoms with Gasteiger partial charge in [0.1, 0.15) is 6.10 Å². The molecule has 1 aromatic carbocycles. The average Bonchev–Trinajstić information content (AvgIpc) is 2.35. The lowest BCUT2D eigenvalue weighted by Gasteiger charge is -2.11. The lowest BCUT2D eigenvalue weighted by atomic mass is 10.0. The van der Waals surface area contributed by atoms with Gasteiger partial charge >= 0.3 is 0 Å². The van der Waals surface area contributed by atoms with Crippen LogP contribution in [-0.2, 0) is 16.1 Å². The van der Waals surface area contributed by atoms with Gasteiger partial charge in [-0.2, -0.15) is 0 Å². The summed E-state index contributed by atoms with van der Waals surface area (Å²) in [6.45, 7) is 6.61. The molecule has 1 aromatic rings. The Morgan fingerprint density at radius 1 is 1.24 bits per heavy atom. The van der Waals surface area contributed by atoms with Crippen LogP contribution in [0.15, 0.2) is 24.3 Å². The molecule has 1 N–H and O–H groups in total. The quantitative estimate of drug-likeness (QED) is 0.851. The highest BCUT2D eigenvalue weighted by Gasteiger charge is 2.10. The number of rotatable bonds is 5. The third-order valence-corrected chi connectivity index (χ3v) is 2.84. The highest BCUT2D eigenvalue weighted by molar-refractivity contribution is 5.80. The van der Waals surface area contributed by atoms with E-state index in [1.54, 1.807) is 6.92 Å². The Balaban J connectivity index is 2.50. The number of nitrogens with one attached hydrogen (secondary N) is 1. The van der Waals surface area contributed by atoms with Crippen LogP contribution in [0.25, 0.3) is 0 Å². The molecule has 0 bridgehead atoms. The molecular formula is C14H21NO2. The molecule has 17 heavy (non-hydrogen) atoms. The summed E-state index contributed by atoms with van der Waals surface area (Å²) in [5.74, 6) is 0.451. The summed E-state index contributed by atoms with van der Waals surface area (Å²) in [6.07, 6.45) is -0.398. The van der Waals surface area contributed by atoms with Crippen molar-refractivity contribution in [3.63, 3.8) is 0 Å². The molecule has 94 valence electrons. The van der Waals surface area contributed by atoms with E-state index in [1.807, 2.05) is 12.1 Å². The van der Waals surface area contributed by atoms with Gasteiger partial charge in [0.15, 0.2) is 0 Å². The molecule has 0 heterocycles. The SMILES string of the molecule is COC(C)C(=O)NCc1ccc(C(C)C)cc1. The first-order chi connectivity index (χ1) is 8.04. The van der Waals surface area contributed by atoms with Crippen LogP contribution in [0.2, 0.25) is 0 Å². The smallest absolute Gasteiger partial charge is 0.249 e. The number of benzene rings is 1. The van der Waals surface area contributed by atoms with Crippen molar-refractivity contribution in [1.29, 1.82) is 0 Å². The van der Waals surface area contributed by atoms with Gasteiger partial charge in [0.2, 0.25) is 5.91 Å². The van der Waals surface area contributed by atoms with Crippen molar-refractivity contribution in [3.8, 4) is 0 Å². The fourth-order valence-electron chi connectivity index (χ4n) is 1.46. The van der Waals surface area contributed by atoms with Crippen LogP contribution in [0.3, 0.4) is 0 Å². The van der Waals surface area contributed by atoms with Gasteiger partial charge < -0.3 is 10.1 Å². The number of methoxy groups -OCH3 is 1. The molecule has 0 fully saturated rings. The van der Waals surface area contributed by atoms with Crippen LogP contribution in [0.5, 0.6) is 0 Å². The summed E-state index contributed by atoms with van der Waals surface area (Å²) in [5, 5.41) is 2.83. The van der Waals surface area contributed by atoms with Crippen LogP contribution in [0, 0.1) is 0 Å². The number of hydrogen-bond donors (Lipinski definition) is 1. The molecule has 0 saturated heterocycles. The van der Waals surface area contributed by atoms with E-state index in [0.29, 0.717) is 12.5 Å². The van der Waals surface area contributed by atoms with E-state index in [1.165, 1.54) is 12.7 Å². The third-order valence-electron chi connectivity index (χ3n) is 2.84. The van der Waals surface area contributed by atoms with Crippen molar-refractivity contribution < 1.29 is 9.53 Å². The van der Waals surface area contributed by atoms with Gasteiger partial charge in [-0.3, -0.25) is 4.79 Å². The average molecular weight is 235 g/mol. The summed E-state index contributed by atoms with van der Waals surface area (Å²) in [7, 11) is 1.53. The minimum absolute atomic E-state index is 0.0829. The lowest BCUT2D eigenvalue weighted by molar-refractivity contribution is -0.130. The second-order valence-corrected chi connectivity index (χ2v) is 4.49. The zero-order valence-corrected chi connectivity index (χ0v) is 11.0. The molecule has 0 aliphatic carbocycles. The van der Waals surface area contributed by atoms with Crippen molar-refractivity contribution in [3.05, 3.63) is 35.4 Å². The molecule has 1 amide bonds. The van der Waals surface area contributed by atoms with Crippen molar-refractivity contribution >= 4 is 5.91 Å². The Bertz CT molecular complexity index is 357. The molecule has 3 nitrogen and oxygen atoms in total. The number of carbonyl (C=O) groups excluding carboxylic acids is 1. The van der Waals surface area contributed by atoms with Gasteiger partial charge in [-0.25, -0.2) is 0 Å². The van der Waals surface area contributed by atoms with Crippen molar-refractivity contribution in [2.24, 2.45) is 0 Å². The van der Waals surface area contributed by atoms with Gasteiger partial charge in [-0.15, -0.1) is 0 Å². The van der Waals surface area contributed by atoms with Gasteiger partial charge in [0, 0.05) is 13.7 Å². The van der Waals surface area contributed by atoms with Crippen LogP contribution < -0.4 is 5.32 Å². The molecule has 0 radical (unpaired) electrons. The summed E-state index contributed by atoms with van der Waals surface area (Å²) in [6, 6.07) is 8.30. The lowest BCUT2D eigenvalue weighted by Crippen LogP contribution is -2.33. The van der Waals surface area contributed by atoms with E-state index in [0.717, 1.165) is 5.56 Å². The fraction of sp³-hybridized carbons (Fsp3) is 0.500. The minimum atomic E-state index is -0.398. The number of amides is 1. The molecule has 0 aromatic heterocycles. The topological polar surface area (TPSA) is 38.3 Å². The molecule has 1 unspecified atom stereocenters. The zero-order chi connectivity index (χ0) is 12.8. The molecule has 0 aliphatic rings. The minimum Gasteiger partial charge on any atom is -0.372 e. The maximum Gasteiger partial charge on any atom is 0.249 e. The Labute approximate surface area is 103 Å². The molecular weight excluding hydrogens is 214 g/mol. The summed E-state index contributed by atoms with van der Waals surface area (Å²) in [4.78, 5) is 11.5. The van der Waals surface area contributed by atoms with E-state index in [4.69, 9.17) is 4.74 Å². The van der Waals surface area contributed by atoms with E-state index in [-0.39, 0.29) is 5.91 Å². The molecule has 1 atom stereocenters. The molecule has 3 heteroatoms. The highest BCUT2D eigenvalue weighted by atomic mass is 16.5. The Morgan fingerprint density at radius 2 is 1.82 bits per heavy atom. The van der Waals surface area contributed by atoms with E-state index >= 15 is 0 Å². The van der Waals surface area contributed by atoms with E-state index in [2.05, 4.69) is 31.3 Å². The van der Waals surface area contributed by atoms with Crippen LogP contribution >= 0.6 is 0 Å². The number of hydrogen-bond acceptors (Lipinski definition) is 2. The fourth-order valence-corrected chi connectivity index (χ4v) is 1.46. The Morgan fingerprint density at radius 3 is 2.29 bits per heavy atom. The van der Waals surface area contributed by atoms with Gasteiger partial charge in [-0.1, -0.05) is 38.1 Å². The first-order valence-electron chi connectivity index (χ1n) is 5.94. The second kappa shape index (κ2) is 6.40. The monoisotopic (exact) mass is 235 g/mol. The zero-order valence-electron chi connectivity index (χ0n) is 11.0. The number of carbonyl (C=O) groups is 1. The van der Waals surface area contributed by atoms with E-state index in [9.17, 15) is 4.79 Å². The summed E-state index contributed by atoms with van der Waals surface area (Å²) in [5.41, 5.74) is 2.41. The standard InChI is InChI=1S/C14H21NO2/c1-10(2)13-7-5-12(6-8-13)9-15-14(16)11(3)17-4/h5-8,10-11H,9H2,1-4H3,(H,15,16). The van der Waals surface area contributed by atoms with Crippen molar-refractivity contribution in [1.82, 2.24) is 5.32 Å². The highest BCUT2D eigenvalue weighted by Crippen LogP contribution is 2.14. The number of ether oxygens (including phenoxy) is 1. The van der Waals surface area contributed by atoms with Crippen LogP contribution in [0.4, 0.5) is 0 Å². The van der Waals surface area contributed by atoms with Gasteiger partial charge in [-0.05, 0) is 24.0 Å². The normalized spacial score (nSPS) is 12.5. The summed E-state index contributed by atoms with van der Waals surface area (Å²) >= 11 is 0. The molecule has 0 saturated carbocycles. The predicted octanol–water partition coefficient (Wildman–Crippen LogP) is 2.46. The Hall–Kier alpha value is -1.35. The van der Waals surface area contributed by atoms with Gasteiger partial charge in [0.25, 0.3) is 0 Å². The Kier molecular flexibility index (Phi) is 5.16. The maximum atomic E-state index is 11.5. The first-order valence-corrected chi connectivity index (χ1v) is 5.94. The first kappa shape index (κ1) is 13.7.